The van der Waals surface area contributed by atoms with Gasteiger partial charge in [0.2, 0.25) is 0 Å². The number of urea groups is 1. The molecule has 0 bridgehead atoms. The van der Waals surface area contributed by atoms with Gasteiger partial charge in [-0.25, -0.2) is 4.79 Å². The molecule has 3 rings (SSSR count). The first-order valence-electron chi connectivity index (χ1n) is 7.17. The monoisotopic (exact) mass is 282 g/mol. The van der Waals surface area contributed by atoms with Crippen LogP contribution in [0.25, 0.3) is 0 Å². The Balaban J connectivity index is 1.76. The highest BCUT2D eigenvalue weighted by atomic mass is 16.5. The number of carbonyl (C=O) groups excluding carboxylic acids is 1. The molecular weight excluding hydrogens is 264 g/mol. The molecule has 0 atom stereocenters. The molecule has 0 unspecified atom stereocenters. The van der Waals surface area contributed by atoms with Crippen molar-refractivity contribution in [2.75, 3.05) is 23.4 Å². The van der Waals surface area contributed by atoms with Crippen LogP contribution < -0.4 is 15.0 Å². The van der Waals surface area contributed by atoms with Gasteiger partial charge in [0.05, 0.1) is 12.2 Å². The summed E-state index contributed by atoms with van der Waals surface area (Å²) in [5.41, 5.74) is 2.87. The van der Waals surface area contributed by atoms with E-state index < -0.39 is 0 Å². The number of benzene rings is 2. The zero-order valence-electron chi connectivity index (χ0n) is 12.0. The SMILES string of the molecule is CCc1ccc(NC(=O)N2CCOc3ccccc32)cc1. The van der Waals surface area contributed by atoms with E-state index in [0.717, 1.165) is 23.5 Å². The van der Waals surface area contributed by atoms with Crippen molar-refractivity contribution in [1.29, 1.82) is 0 Å². The van der Waals surface area contributed by atoms with Crippen molar-refractivity contribution >= 4 is 17.4 Å². The lowest BCUT2D eigenvalue weighted by Crippen LogP contribution is -2.40. The van der Waals surface area contributed by atoms with Gasteiger partial charge in [-0.15, -0.1) is 0 Å². The summed E-state index contributed by atoms with van der Waals surface area (Å²) in [7, 11) is 0. The lowest BCUT2D eigenvalue weighted by molar-refractivity contribution is 0.250. The van der Waals surface area contributed by atoms with Crippen LogP contribution in [0, 0.1) is 0 Å². The van der Waals surface area contributed by atoms with Crippen LogP contribution in [0.4, 0.5) is 16.2 Å². The number of aryl methyl sites for hydroxylation is 1. The number of nitrogens with zero attached hydrogens (tertiary/aromatic N) is 1. The van der Waals surface area contributed by atoms with Gasteiger partial charge >= 0.3 is 6.03 Å². The van der Waals surface area contributed by atoms with E-state index in [1.807, 2.05) is 48.5 Å². The number of anilines is 2. The lowest BCUT2D eigenvalue weighted by Gasteiger charge is -2.29. The van der Waals surface area contributed by atoms with Crippen LogP contribution in [0.1, 0.15) is 12.5 Å². The Labute approximate surface area is 124 Å². The topological polar surface area (TPSA) is 41.6 Å². The maximum Gasteiger partial charge on any atom is 0.326 e. The van der Waals surface area contributed by atoms with Crippen molar-refractivity contribution in [1.82, 2.24) is 0 Å². The maximum atomic E-state index is 12.4. The van der Waals surface area contributed by atoms with Crippen LogP contribution in [0.5, 0.6) is 5.75 Å². The first-order chi connectivity index (χ1) is 10.3. The molecule has 1 heterocycles. The molecule has 0 aromatic heterocycles. The first kappa shape index (κ1) is 13.5. The first-order valence-corrected chi connectivity index (χ1v) is 7.17. The molecular formula is C17H18N2O2. The lowest BCUT2D eigenvalue weighted by atomic mass is 10.1. The van der Waals surface area contributed by atoms with Crippen molar-refractivity contribution < 1.29 is 9.53 Å². The van der Waals surface area contributed by atoms with E-state index >= 15 is 0 Å². The summed E-state index contributed by atoms with van der Waals surface area (Å²) in [6, 6.07) is 15.4. The molecule has 108 valence electrons. The zero-order chi connectivity index (χ0) is 14.7. The number of carbonyl (C=O) groups is 1. The Morgan fingerprint density at radius 3 is 2.71 bits per heavy atom. The number of fused-ring (bicyclic) bond motifs is 1. The molecule has 2 amide bonds. The summed E-state index contributed by atoms with van der Waals surface area (Å²) in [5, 5.41) is 2.94. The molecule has 1 N–H and O–H groups in total. The van der Waals surface area contributed by atoms with Crippen molar-refractivity contribution in [3.8, 4) is 5.75 Å². The van der Waals surface area contributed by atoms with Crippen LogP contribution >= 0.6 is 0 Å². The highest BCUT2D eigenvalue weighted by Crippen LogP contribution is 2.31. The van der Waals surface area contributed by atoms with Gasteiger partial charge in [-0.3, -0.25) is 4.90 Å². The molecule has 0 aliphatic carbocycles. The van der Waals surface area contributed by atoms with Crippen molar-refractivity contribution in [3.63, 3.8) is 0 Å². The van der Waals surface area contributed by atoms with Gasteiger partial charge in [-0.1, -0.05) is 31.2 Å². The Morgan fingerprint density at radius 2 is 1.95 bits per heavy atom. The summed E-state index contributed by atoms with van der Waals surface area (Å²) >= 11 is 0. The third-order valence-electron chi connectivity index (χ3n) is 3.59. The molecule has 21 heavy (non-hydrogen) atoms. The largest absolute Gasteiger partial charge is 0.490 e. The van der Waals surface area contributed by atoms with Crippen LogP contribution in [-0.2, 0) is 6.42 Å². The maximum absolute atomic E-state index is 12.4. The molecule has 0 spiro atoms. The van der Waals surface area contributed by atoms with E-state index in [1.165, 1.54) is 5.56 Å². The number of para-hydroxylation sites is 2. The quantitative estimate of drug-likeness (QED) is 0.913. The predicted molar refractivity (Wildman–Crippen MR) is 84.1 cm³/mol. The number of amides is 2. The third-order valence-corrected chi connectivity index (χ3v) is 3.59. The minimum Gasteiger partial charge on any atom is -0.490 e. The van der Waals surface area contributed by atoms with Crippen LogP contribution in [-0.4, -0.2) is 19.2 Å². The van der Waals surface area contributed by atoms with E-state index in [0.29, 0.717) is 13.2 Å². The second-order valence-corrected chi connectivity index (χ2v) is 4.95. The molecule has 2 aromatic rings. The van der Waals surface area contributed by atoms with Crippen LogP contribution in [0.15, 0.2) is 48.5 Å². The number of rotatable bonds is 2. The summed E-state index contributed by atoms with van der Waals surface area (Å²) in [5.74, 6) is 0.750. The van der Waals surface area contributed by atoms with Gasteiger partial charge in [-0.2, -0.15) is 0 Å². The Bertz CT molecular complexity index is 637. The zero-order valence-corrected chi connectivity index (χ0v) is 12.0. The number of ether oxygens (including phenoxy) is 1. The smallest absolute Gasteiger partial charge is 0.326 e. The van der Waals surface area contributed by atoms with Gasteiger partial charge in [0.1, 0.15) is 12.4 Å². The molecule has 2 aromatic carbocycles. The van der Waals surface area contributed by atoms with Gasteiger partial charge in [0.25, 0.3) is 0 Å². The molecule has 0 fully saturated rings. The standard InChI is InChI=1S/C17H18N2O2/c1-2-13-7-9-14(10-8-13)18-17(20)19-11-12-21-16-6-4-3-5-15(16)19/h3-10H,2,11-12H2,1H3,(H,18,20). The van der Waals surface area contributed by atoms with Crippen molar-refractivity contribution in [3.05, 3.63) is 54.1 Å². The molecule has 0 saturated heterocycles. The van der Waals surface area contributed by atoms with E-state index in [9.17, 15) is 4.79 Å². The average Bonchev–Trinajstić information content (AvgIpc) is 2.55. The highest BCUT2D eigenvalue weighted by Gasteiger charge is 2.23. The minimum absolute atomic E-state index is 0.130. The Hall–Kier alpha value is -2.49. The minimum atomic E-state index is -0.130. The normalized spacial score (nSPS) is 13.3. The average molecular weight is 282 g/mol. The fraction of sp³-hybridized carbons (Fsp3) is 0.235. The Kier molecular flexibility index (Phi) is 3.77. The summed E-state index contributed by atoms with van der Waals surface area (Å²) < 4.78 is 5.56. The van der Waals surface area contributed by atoms with Crippen molar-refractivity contribution in [2.24, 2.45) is 0 Å². The van der Waals surface area contributed by atoms with E-state index in [4.69, 9.17) is 4.74 Å². The second kappa shape index (κ2) is 5.87. The Morgan fingerprint density at radius 1 is 1.19 bits per heavy atom. The second-order valence-electron chi connectivity index (χ2n) is 4.95. The number of nitrogens with one attached hydrogen (secondary N) is 1. The summed E-state index contributed by atoms with van der Waals surface area (Å²) in [6.07, 6.45) is 0.991. The van der Waals surface area contributed by atoms with Gasteiger partial charge in [-0.05, 0) is 36.2 Å². The number of hydrogen-bond donors (Lipinski definition) is 1. The van der Waals surface area contributed by atoms with Gasteiger partial charge in [0.15, 0.2) is 0 Å². The molecule has 1 aliphatic rings. The third kappa shape index (κ3) is 2.84. The van der Waals surface area contributed by atoms with Crippen LogP contribution in [0.3, 0.4) is 0 Å². The molecule has 4 nitrogen and oxygen atoms in total. The van der Waals surface area contributed by atoms with Gasteiger partial charge in [0, 0.05) is 5.69 Å². The van der Waals surface area contributed by atoms with Crippen molar-refractivity contribution in [2.45, 2.75) is 13.3 Å². The molecule has 4 heteroatoms. The van der Waals surface area contributed by atoms with E-state index in [1.54, 1.807) is 4.90 Å². The van der Waals surface area contributed by atoms with Gasteiger partial charge < -0.3 is 10.1 Å². The fourth-order valence-corrected chi connectivity index (χ4v) is 2.40. The predicted octanol–water partition coefficient (Wildman–Crippen LogP) is 3.68. The fourth-order valence-electron chi connectivity index (χ4n) is 2.40. The molecule has 1 aliphatic heterocycles. The van der Waals surface area contributed by atoms with E-state index in [2.05, 4.69) is 12.2 Å². The number of hydrogen-bond acceptors (Lipinski definition) is 2. The molecule has 0 saturated carbocycles. The molecule has 0 radical (unpaired) electrons. The van der Waals surface area contributed by atoms with E-state index in [-0.39, 0.29) is 6.03 Å². The van der Waals surface area contributed by atoms with Crippen LogP contribution in [0.2, 0.25) is 0 Å². The summed E-state index contributed by atoms with van der Waals surface area (Å²) in [6.45, 7) is 3.17. The summed E-state index contributed by atoms with van der Waals surface area (Å²) in [4.78, 5) is 14.2. The highest BCUT2D eigenvalue weighted by molar-refractivity contribution is 6.02.